The van der Waals surface area contributed by atoms with Gasteiger partial charge >= 0.3 is 0 Å². The first kappa shape index (κ1) is 11.9. The molecular weight excluding hydrogens is 188 g/mol. The maximum atomic E-state index is 4.34. The Morgan fingerprint density at radius 1 is 1.33 bits per heavy atom. The van der Waals surface area contributed by atoms with Crippen LogP contribution in [0.3, 0.4) is 0 Å². The van der Waals surface area contributed by atoms with E-state index in [0.717, 1.165) is 36.8 Å². The Labute approximate surface area is 91.7 Å². The van der Waals surface area contributed by atoms with Crippen molar-refractivity contribution in [3.63, 3.8) is 0 Å². The molecule has 0 bridgehead atoms. The van der Waals surface area contributed by atoms with Gasteiger partial charge in [-0.2, -0.15) is 0 Å². The first-order valence-corrected chi connectivity index (χ1v) is 5.35. The molecule has 0 aliphatic carbocycles. The average molecular weight is 208 g/mol. The highest BCUT2D eigenvalue weighted by Crippen LogP contribution is 2.06. The first-order valence-electron chi connectivity index (χ1n) is 5.35. The molecular formula is C11H20N4. The molecule has 1 heterocycles. The molecule has 0 spiro atoms. The minimum atomic E-state index is 0.835. The molecule has 15 heavy (non-hydrogen) atoms. The van der Waals surface area contributed by atoms with E-state index in [4.69, 9.17) is 0 Å². The third-order valence-electron chi connectivity index (χ3n) is 2.12. The average Bonchev–Trinajstić information content (AvgIpc) is 2.16. The number of anilines is 1. The third kappa shape index (κ3) is 4.25. The van der Waals surface area contributed by atoms with Gasteiger partial charge in [-0.05, 0) is 27.4 Å². The van der Waals surface area contributed by atoms with Crippen LogP contribution in [0, 0.1) is 6.92 Å². The van der Waals surface area contributed by atoms with E-state index in [-0.39, 0.29) is 0 Å². The molecule has 1 aromatic rings. The van der Waals surface area contributed by atoms with Gasteiger partial charge < -0.3 is 10.2 Å². The molecule has 0 atom stereocenters. The molecule has 0 amide bonds. The SMILES string of the molecule is CCc1cc(NCCN(C)C)nc(C)n1. The zero-order chi connectivity index (χ0) is 11.3. The molecule has 1 rings (SSSR count). The summed E-state index contributed by atoms with van der Waals surface area (Å²) in [6.07, 6.45) is 0.950. The van der Waals surface area contributed by atoms with Gasteiger partial charge in [0.15, 0.2) is 0 Å². The normalized spacial score (nSPS) is 10.7. The summed E-state index contributed by atoms with van der Waals surface area (Å²) in [6.45, 7) is 5.94. The van der Waals surface area contributed by atoms with Crippen molar-refractivity contribution in [3.8, 4) is 0 Å². The van der Waals surface area contributed by atoms with Crippen molar-refractivity contribution < 1.29 is 0 Å². The van der Waals surface area contributed by atoms with Crippen molar-refractivity contribution in [1.29, 1.82) is 0 Å². The summed E-state index contributed by atoms with van der Waals surface area (Å²) in [7, 11) is 4.12. The first-order chi connectivity index (χ1) is 7.11. The summed E-state index contributed by atoms with van der Waals surface area (Å²) < 4.78 is 0. The van der Waals surface area contributed by atoms with Crippen molar-refractivity contribution in [1.82, 2.24) is 14.9 Å². The van der Waals surface area contributed by atoms with Crippen molar-refractivity contribution in [2.75, 3.05) is 32.5 Å². The van der Waals surface area contributed by atoms with E-state index in [9.17, 15) is 0 Å². The predicted molar refractivity (Wildman–Crippen MR) is 63.2 cm³/mol. The van der Waals surface area contributed by atoms with E-state index in [1.165, 1.54) is 0 Å². The summed E-state index contributed by atoms with van der Waals surface area (Å²) in [4.78, 5) is 10.8. The van der Waals surface area contributed by atoms with Crippen LogP contribution >= 0.6 is 0 Å². The fraction of sp³-hybridized carbons (Fsp3) is 0.636. The monoisotopic (exact) mass is 208 g/mol. The molecule has 0 fully saturated rings. The summed E-state index contributed by atoms with van der Waals surface area (Å²) in [5.74, 6) is 1.77. The van der Waals surface area contributed by atoms with E-state index >= 15 is 0 Å². The van der Waals surface area contributed by atoms with Gasteiger partial charge in [0, 0.05) is 24.8 Å². The molecule has 0 aliphatic heterocycles. The second kappa shape index (κ2) is 5.66. The van der Waals surface area contributed by atoms with Crippen LogP contribution in [0.5, 0.6) is 0 Å². The lowest BCUT2D eigenvalue weighted by Gasteiger charge is -2.11. The Balaban J connectivity index is 2.56. The largest absolute Gasteiger partial charge is 0.369 e. The van der Waals surface area contributed by atoms with E-state index < -0.39 is 0 Å². The van der Waals surface area contributed by atoms with Gasteiger partial charge in [-0.25, -0.2) is 9.97 Å². The number of nitrogens with one attached hydrogen (secondary N) is 1. The number of rotatable bonds is 5. The van der Waals surface area contributed by atoms with Crippen LogP contribution in [0.4, 0.5) is 5.82 Å². The van der Waals surface area contributed by atoms with Gasteiger partial charge in [0.25, 0.3) is 0 Å². The standard InChI is InChI=1S/C11H20N4/c1-5-10-8-11(14-9(2)13-10)12-6-7-15(3)4/h8H,5-7H2,1-4H3,(H,12,13,14). The zero-order valence-electron chi connectivity index (χ0n) is 10.0. The van der Waals surface area contributed by atoms with Crippen LogP contribution in [-0.2, 0) is 6.42 Å². The topological polar surface area (TPSA) is 41.0 Å². The van der Waals surface area contributed by atoms with Crippen LogP contribution < -0.4 is 5.32 Å². The number of nitrogens with zero attached hydrogens (tertiary/aromatic N) is 3. The summed E-state index contributed by atoms with van der Waals surface area (Å²) in [5, 5.41) is 3.30. The highest BCUT2D eigenvalue weighted by molar-refractivity contribution is 5.35. The highest BCUT2D eigenvalue weighted by atomic mass is 15.1. The molecule has 0 aliphatic rings. The Bertz CT molecular complexity index is 309. The summed E-state index contributed by atoms with van der Waals surface area (Å²) >= 11 is 0. The van der Waals surface area contributed by atoms with E-state index in [2.05, 4.69) is 41.2 Å². The number of aryl methyl sites for hydroxylation is 2. The number of hydrogen-bond donors (Lipinski definition) is 1. The van der Waals surface area contributed by atoms with E-state index in [1.807, 2.05) is 13.0 Å². The second-order valence-electron chi connectivity index (χ2n) is 3.88. The van der Waals surface area contributed by atoms with Gasteiger partial charge in [0.2, 0.25) is 0 Å². The van der Waals surface area contributed by atoms with E-state index in [0.29, 0.717) is 0 Å². The Morgan fingerprint density at radius 2 is 2.07 bits per heavy atom. The van der Waals surface area contributed by atoms with Crippen LogP contribution in [0.1, 0.15) is 18.4 Å². The quantitative estimate of drug-likeness (QED) is 0.792. The predicted octanol–water partition coefficient (Wildman–Crippen LogP) is 1.32. The number of likely N-dealkylation sites (N-methyl/N-ethyl adjacent to an activating group) is 1. The van der Waals surface area contributed by atoms with Crippen LogP contribution in [0.25, 0.3) is 0 Å². The van der Waals surface area contributed by atoms with Gasteiger partial charge in [0.05, 0.1) is 0 Å². The van der Waals surface area contributed by atoms with Crippen LogP contribution in [0.2, 0.25) is 0 Å². The third-order valence-corrected chi connectivity index (χ3v) is 2.12. The molecule has 84 valence electrons. The molecule has 0 saturated heterocycles. The maximum absolute atomic E-state index is 4.34. The summed E-state index contributed by atoms with van der Waals surface area (Å²) in [5.41, 5.74) is 1.09. The number of aromatic nitrogens is 2. The molecule has 4 nitrogen and oxygen atoms in total. The Hall–Kier alpha value is -1.16. The van der Waals surface area contributed by atoms with Crippen LogP contribution in [0.15, 0.2) is 6.07 Å². The van der Waals surface area contributed by atoms with Gasteiger partial charge in [-0.3, -0.25) is 0 Å². The van der Waals surface area contributed by atoms with Gasteiger partial charge in [-0.1, -0.05) is 6.92 Å². The fourth-order valence-corrected chi connectivity index (χ4v) is 1.31. The Morgan fingerprint density at radius 3 is 2.67 bits per heavy atom. The maximum Gasteiger partial charge on any atom is 0.129 e. The molecule has 0 aromatic carbocycles. The van der Waals surface area contributed by atoms with Crippen molar-refractivity contribution in [2.45, 2.75) is 20.3 Å². The Kier molecular flexibility index (Phi) is 4.49. The lowest BCUT2D eigenvalue weighted by Crippen LogP contribution is -2.21. The van der Waals surface area contributed by atoms with Crippen molar-refractivity contribution >= 4 is 5.82 Å². The lowest BCUT2D eigenvalue weighted by molar-refractivity contribution is 0.425. The smallest absolute Gasteiger partial charge is 0.129 e. The number of hydrogen-bond acceptors (Lipinski definition) is 4. The summed E-state index contributed by atoms with van der Waals surface area (Å²) in [6, 6.07) is 2.02. The minimum absolute atomic E-state index is 0.835. The lowest BCUT2D eigenvalue weighted by atomic mass is 10.3. The van der Waals surface area contributed by atoms with E-state index in [1.54, 1.807) is 0 Å². The fourth-order valence-electron chi connectivity index (χ4n) is 1.31. The molecule has 0 saturated carbocycles. The molecule has 1 aromatic heterocycles. The van der Waals surface area contributed by atoms with Gasteiger partial charge in [0.1, 0.15) is 11.6 Å². The van der Waals surface area contributed by atoms with Crippen LogP contribution in [-0.4, -0.2) is 42.1 Å². The molecule has 0 radical (unpaired) electrons. The van der Waals surface area contributed by atoms with Crippen molar-refractivity contribution in [3.05, 3.63) is 17.6 Å². The second-order valence-corrected chi connectivity index (χ2v) is 3.88. The van der Waals surface area contributed by atoms with Crippen molar-refractivity contribution in [2.24, 2.45) is 0 Å². The molecule has 1 N–H and O–H groups in total. The molecule has 0 unspecified atom stereocenters. The van der Waals surface area contributed by atoms with Gasteiger partial charge in [-0.15, -0.1) is 0 Å². The molecule has 4 heteroatoms. The minimum Gasteiger partial charge on any atom is -0.369 e. The highest BCUT2D eigenvalue weighted by Gasteiger charge is 1.99. The zero-order valence-corrected chi connectivity index (χ0v) is 10.0.